The zero-order valence-electron chi connectivity index (χ0n) is 67.3. The maximum Gasteiger partial charge on any atom is 0.481 e. The highest BCUT2D eigenvalue weighted by molar-refractivity contribution is 6.48. The molecule has 2 aromatic rings. The quantitative estimate of drug-likeness (QED) is 0.0467. The number of hydrogen-bond acceptors (Lipinski definition) is 16. The first kappa shape index (κ1) is 82.1. The zero-order valence-corrected chi connectivity index (χ0v) is 67.3. The number of unbranched alkanes of at least 4 members (excludes halogenated alkanes) is 4. The number of amides is 8. The summed E-state index contributed by atoms with van der Waals surface area (Å²) in [5, 5.41) is 12.0. The van der Waals surface area contributed by atoms with Crippen LogP contribution in [0.3, 0.4) is 0 Å². The van der Waals surface area contributed by atoms with Gasteiger partial charge in [0, 0.05) is 39.0 Å². The van der Waals surface area contributed by atoms with Crippen LogP contribution in [0.4, 0.5) is 19.2 Å². The van der Waals surface area contributed by atoms with Crippen LogP contribution < -0.4 is 21.3 Å². The second kappa shape index (κ2) is 33.7. The number of carbonyl (C=O) groups excluding carboxylic acids is 8. The van der Waals surface area contributed by atoms with Gasteiger partial charge in [-0.2, -0.15) is 0 Å². The lowest BCUT2D eigenvalue weighted by atomic mass is 9.43. The first-order valence-corrected chi connectivity index (χ1v) is 40.9. The van der Waals surface area contributed by atoms with Crippen molar-refractivity contribution in [2.75, 3.05) is 13.1 Å². The van der Waals surface area contributed by atoms with Crippen molar-refractivity contribution < 1.29 is 75.9 Å². The molecule has 6 saturated carbocycles. The number of rotatable bonds is 18. The van der Waals surface area contributed by atoms with Crippen LogP contribution in [0.5, 0.6) is 0 Å². The van der Waals surface area contributed by atoms with Crippen molar-refractivity contribution in [1.29, 1.82) is 0 Å². The predicted octanol–water partition coefficient (Wildman–Crippen LogP) is 12.9. The molecule has 2 aromatic carbocycles. The van der Waals surface area contributed by atoms with E-state index in [0.29, 0.717) is 62.7 Å². The first-order chi connectivity index (χ1) is 52.2. The minimum atomic E-state index is -1.05. The van der Waals surface area contributed by atoms with Gasteiger partial charge < -0.3 is 68.6 Å². The molecule has 600 valence electrons. The maximum atomic E-state index is 14.6. The number of nitrogens with one attached hydrogen (secondary N) is 4. The molecule has 0 aromatic heterocycles. The number of fused-ring (bicyclic) bond motifs is 3. The zero-order chi connectivity index (χ0) is 78.8. The van der Waals surface area contributed by atoms with E-state index in [9.17, 15) is 38.4 Å². The van der Waals surface area contributed by atoms with E-state index in [1.165, 1.54) is 9.80 Å². The number of hydrogen-bond donors (Lipinski definition) is 4. The van der Waals surface area contributed by atoms with Crippen molar-refractivity contribution >= 4 is 62.2 Å². The minimum Gasteiger partial charge on any atom is -0.444 e. The van der Waals surface area contributed by atoms with Gasteiger partial charge in [-0.15, -0.1) is 13.2 Å². The average molecular weight is 1520 g/mol. The van der Waals surface area contributed by atoms with Gasteiger partial charge in [-0.25, -0.2) is 19.2 Å². The van der Waals surface area contributed by atoms with E-state index < -0.39 is 121 Å². The highest BCUT2D eigenvalue weighted by Gasteiger charge is 2.70. The Morgan fingerprint density at radius 1 is 0.645 bits per heavy atom. The third kappa shape index (κ3) is 18.3. The van der Waals surface area contributed by atoms with E-state index >= 15 is 0 Å². The smallest absolute Gasteiger partial charge is 0.444 e. The van der Waals surface area contributed by atoms with Crippen molar-refractivity contribution in [3.05, 3.63) is 108 Å². The van der Waals surface area contributed by atoms with Crippen LogP contribution in [0.2, 0.25) is 0 Å². The van der Waals surface area contributed by atoms with Gasteiger partial charge in [-0.1, -0.05) is 139 Å². The number of likely N-dealkylation sites (tertiary alicyclic amines) is 1. The molecule has 8 unspecified atom stereocenters. The second-order valence-corrected chi connectivity index (χ2v) is 36.6. The second-order valence-electron chi connectivity index (χ2n) is 36.6. The number of nitrogens with zero attached hydrogens (tertiary/aromatic N) is 4. The number of benzene rings is 2. The molecule has 15 rings (SSSR count). The summed E-state index contributed by atoms with van der Waals surface area (Å²) in [5.74, 6) is -0.629. The van der Waals surface area contributed by atoms with E-state index in [1.807, 2.05) is 66.8 Å². The van der Waals surface area contributed by atoms with Crippen LogP contribution >= 0.6 is 0 Å². The SMILES string of the molecule is C=CCCCCCC[C@@H](NC(=O)[C@@H]1C[C@@H](OC(=O)N2Cc3ccccc3C2)CN1C(=O)[C@H](CC=C)NC(=O)OC(C)(C)C)B1OC2CC3CC(C3(C)C)C2(C)O1.CC(C)(C)OC(=O)N[C@H]1C/C=C\CCCCCC[C@H](B2OC3CC4CC(C4(C)C)C3(C)O2)NC(=O)[C@@H]2C[C@@H](OC(=O)N3Cc4ccccc4C3)CN2C1=O. The Morgan fingerprint density at radius 3 is 1.77 bits per heavy atom. The van der Waals surface area contributed by atoms with Gasteiger partial charge in [0.2, 0.25) is 23.6 Å². The largest absolute Gasteiger partial charge is 0.481 e. The topological polar surface area (TPSA) is 271 Å². The van der Waals surface area contributed by atoms with Gasteiger partial charge in [-0.05, 0) is 189 Å². The van der Waals surface area contributed by atoms with Crippen LogP contribution in [0.1, 0.15) is 234 Å². The summed E-state index contributed by atoms with van der Waals surface area (Å²) in [6.07, 6.45) is 19.0. The fourth-order valence-corrected chi connectivity index (χ4v) is 19.6. The van der Waals surface area contributed by atoms with Gasteiger partial charge >= 0.3 is 38.6 Å². The lowest BCUT2D eigenvalue weighted by molar-refractivity contribution is -0.199. The molecule has 6 aliphatic carbocycles. The molecule has 26 heteroatoms. The molecule has 7 heterocycles. The number of ether oxygens (including phenoxy) is 4. The van der Waals surface area contributed by atoms with E-state index in [-0.39, 0.29) is 73.6 Å². The van der Waals surface area contributed by atoms with Crippen LogP contribution in [0, 0.1) is 34.5 Å². The fourth-order valence-electron chi connectivity index (χ4n) is 19.6. The minimum absolute atomic E-state index is 0.0129. The summed E-state index contributed by atoms with van der Waals surface area (Å²) in [4.78, 5) is 117. The van der Waals surface area contributed by atoms with Crippen molar-refractivity contribution in [1.82, 2.24) is 40.9 Å². The lowest BCUT2D eigenvalue weighted by Gasteiger charge is -2.64. The van der Waals surface area contributed by atoms with Crippen molar-refractivity contribution in [2.45, 2.75) is 321 Å². The average Bonchev–Trinajstić information content (AvgIpc) is 1.41. The van der Waals surface area contributed by atoms with E-state index in [2.05, 4.69) is 76.0 Å². The summed E-state index contributed by atoms with van der Waals surface area (Å²) in [5.41, 5.74) is 2.16. The summed E-state index contributed by atoms with van der Waals surface area (Å²) in [6, 6.07) is 11.8. The summed E-state index contributed by atoms with van der Waals surface area (Å²) in [7, 11) is -1.26. The molecule has 10 fully saturated rings. The summed E-state index contributed by atoms with van der Waals surface area (Å²) < 4.78 is 50.2. The van der Waals surface area contributed by atoms with Gasteiger partial charge in [0.1, 0.15) is 47.6 Å². The molecule has 0 spiro atoms. The van der Waals surface area contributed by atoms with Gasteiger partial charge in [-0.3, -0.25) is 29.0 Å². The van der Waals surface area contributed by atoms with Crippen LogP contribution in [0.15, 0.2) is 86.0 Å². The van der Waals surface area contributed by atoms with E-state index in [1.54, 1.807) is 57.4 Å². The summed E-state index contributed by atoms with van der Waals surface area (Å²) >= 11 is 0. The Kier molecular flexibility index (Phi) is 25.2. The molecule has 7 aliphatic heterocycles. The fraction of sp³-hybridized carbons (Fsp3) is 0.690. The van der Waals surface area contributed by atoms with E-state index in [0.717, 1.165) is 112 Å². The van der Waals surface area contributed by atoms with Crippen LogP contribution in [-0.2, 0) is 82.9 Å². The van der Waals surface area contributed by atoms with Gasteiger partial charge in [0.15, 0.2) is 0 Å². The summed E-state index contributed by atoms with van der Waals surface area (Å²) in [6.45, 7) is 33.5. The molecule has 0 radical (unpaired) electrons. The highest BCUT2D eigenvalue weighted by Crippen LogP contribution is 2.67. The van der Waals surface area contributed by atoms with Crippen LogP contribution in [0.25, 0.3) is 0 Å². The Hall–Kier alpha value is -7.41. The van der Waals surface area contributed by atoms with Crippen molar-refractivity contribution in [3.8, 4) is 0 Å². The molecule has 110 heavy (non-hydrogen) atoms. The molecule has 4 bridgehead atoms. The van der Waals surface area contributed by atoms with Gasteiger partial charge in [0.25, 0.3) is 0 Å². The molecule has 4 saturated heterocycles. The molecule has 24 nitrogen and oxygen atoms in total. The molecule has 8 amide bonds. The first-order valence-electron chi connectivity index (χ1n) is 40.9. The van der Waals surface area contributed by atoms with Gasteiger partial charge in [0.05, 0.1) is 48.4 Å². The number of carbonyl (C=O) groups is 8. The number of alkyl carbamates (subject to hydrolysis) is 2. The maximum absolute atomic E-state index is 14.6. The standard InChI is InChI=1S/C43H63BN4O8.C41H59BN4O8/c1-9-11-12-13-14-15-21-36(44-55-35-23-30-22-34(42(30,6)7)43(35,8)56-44)46-37(49)33-24-31(53-40(52)47-25-28-19-16-17-20-29(28)26-47)27-48(33)38(50)32(18-10-2)45-39(51)54-41(3,4)5;1-39(2,3)52-37(49)43-30-18-12-10-8-7-9-11-13-19-34(42-53-33-21-28-20-32(40(28,4)5)41(33,6)54-42)44-35(47)31-22-29(25-46(31)36(30)48)51-38(50)45-23-26-16-14-15-17-27(26)24-45/h9-10,16-17,19-20,30-36H,1-2,11-15,18,21-27H2,3-8H3,(H,45,51)(H,46,49);10,12,14-17,28-34H,7-9,11,13,18-25H2,1-6H3,(H,43,49)(H,44,47)/b;12-10-/t30?,31-,32+,33+,34?,35?,36-,43?;28?,29-,30+,31+,32?,33?,34-,41?/m11/s1. The molecule has 13 aliphatic rings. The Balaban J connectivity index is 0.000000205. The van der Waals surface area contributed by atoms with Crippen molar-refractivity contribution in [2.24, 2.45) is 34.5 Å². The monoisotopic (exact) mass is 1520 g/mol. The van der Waals surface area contributed by atoms with E-state index in [4.69, 9.17) is 37.6 Å². The molecular weight excluding hydrogens is 1400 g/mol. The normalized spacial score (nSPS) is 31.4. The third-order valence-corrected chi connectivity index (χ3v) is 25.9. The lowest BCUT2D eigenvalue weighted by Crippen LogP contribution is -2.65. The Labute approximate surface area is 652 Å². The third-order valence-electron chi connectivity index (χ3n) is 25.9. The highest BCUT2D eigenvalue weighted by atomic mass is 16.7. The molecule has 4 N–H and O–H groups in total. The van der Waals surface area contributed by atoms with Crippen molar-refractivity contribution in [3.63, 3.8) is 0 Å². The molecular formula is C84H122B2N8O16. The number of allylic oxidation sites excluding steroid dienone is 2. The molecule has 16 atom stereocenters. The Morgan fingerprint density at radius 2 is 1.20 bits per heavy atom. The predicted molar refractivity (Wildman–Crippen MR) is 417 cm³/mol. The Bertz CT molecular complexity index is 3700. The van der Waals surface area contributed by atoms with Crippen LogP contribution in [-0.4, -0.2) is 178 Å².